The number of nitrogens with one attached hydrogen (secondary N) is 1. The topological polar surface area (TPSA) is 41.6 Å². The molecule has 0 unspecified atom stereocenters. The van der Waals surface area contributed by atoms with Crippen molar-refractivity contribution in [1.82, 2.24) is 10.2 Å². The van der Waals surface area contributed by atoms with Crippen LogP contribution in [0.3, 0.4) is 0 Å². The van der Waals surface area contributed by atoms with Gasteiger partial charge < -0.3 is 15.0 Å². The number of amides is 1. The van der Waals surface area contributed by atoms with Crippen LogP contribution in [0.25, 0.3) is 0 Å². The van der Waals surface area contributed by atoms with Crippen LogP contribution in [0.15, 0.2) is 48.5 Å². The Morgan fingerprint density at radius 3 is 2.24 bits per heavy atom. The van der Waals surface area contributed by atoms with Crippen LogP contribution >= 0.6 is 0 Å². The van der Waals surface area contributed by atoms with E-state index in [-0.39, 0.29) is 5.91 Å². The summed E-state index contributed by atoms with van der Waals surface area (Å²) in [6, 6.07) is 15.6. The maximum Gasteiger partial charge on any atom is 0.251 e. The summed E-state index contributed by atoms with van der Waals surface area (Å²) in [6.07, 6.45) is 2.15. The second-order valence-corrected chi connectivity index (χ2v) is 6.46. The number of unbranched alkanes of at least 4 members (excludes halogenated alkanes) is 1. The normalized spacial score (nSPS) is 10.7. The Morgan fingerprint density at radius 1 is 1.00 bits per heavy atom. The highest BCUT2D eigenvalue weighted by Crippen LogP contribution is 2.13. The first-order chi connectivity index (χ1) is 12.1. The van der Waals surface area contributed by atoms with E-state index in [4.69, 9.17) is 4.74 Å². The van der Waals surface area contributed by atoms with E-state index < -0.39 is 0 Å². The first-order valence-corrected chi connectivity index (χ1v) is 8.82. The number of carbonyl (C=O) groups is 1. The van der Waals surface area contributed by atoms with Crippen LogP contribution in [0.2, 0.25) is 0 Å². The van der Waals surface area contributed by atoms with Crippen LogP contribution < -0.4 is 10.1 Å². The van der Waals surface area contributed by atoms with Crippen LogP contribution in [0.5, 0.6) is 5.75 Å². The molecule has 134 valence electrons. The molecule has 4 nitrogen and oxygen atoms in total. The lowest BCUT2D eigenvalue weighted by Gasteiger charge is -2.11. The van der Waals surface area contributed by atoms with Crippen LogP contribution in [0.1, 0.15) is 41.3 Å². The van der Waals surface area contributed by atoms with E-state index in [9.17, 15) is 4.79 Å². The summed E-state index contributed by atoms with van der Waals surface area (Å²) >= 11 is 0. The van der Waals surface area contributed by atoms with Gasteiger partial charge in [-0.25, -0.2) is 0 Å². The molecule has 2 aromatic rings. The van der Waals surface area contributed by atoms with Crippen LogP contribution in [-0.4, -0.2) is 31.5 Å². The Kier molecular flexibility index (Phi) is 7.48. The molecule has 0 atom stereocenters. The largest absolute Gasteiger partial charge is 0.494 e. The Hall–Kier alpha value is -2.33. The second kappa shape index (κ2) is 9.84. The molecule has 0 aliphatic heterocycles. The van der Waals surface area contributed by atoms with Crippen molar-refractivity contribution in [1.29, 1.82) is 0 Å². The third kappa shape index (κ3) is 6.59. The minimum Gasteiger partial charge on any atom is -0.494 e. The summed E-state index contributed by atoms with van der Waals surface area (Å²) < 4.78 is 5.61. The van der Waals surface area contributed by atoms with Gasteiger partial charge in [-0.15, -0.1) is 0 Å². The minimum atomic E-state index is -0.0718. The zero-order valence-corrected chi connectivity index (χ0v) is 15.4. The summed E-state index contributed by atoms with van der Waals surface area (Å²) in [5.41, 5.74) is 3.00. The molecule has 0 aliphatic rings. The third-order valence-electron chi connectivity index (χ3n) is 3.86. The molecule has 0 radical (unpaired) electrons. The van der Waals surface area contributed by atoms with Crippen molar-refractivity contribution >= 4 is 5.91 Å². The average Bonchev–Trinajstić information content (AvgIpc) is 2.61. The molecule has 2 rings (SSSR count). The molecule has 2 aromatic carbocycles. The van der Waals surface area contributed by atoms with Gasteiger partial charge in [0.25, 0.3) is 5.91 Å². The Bertz CT molecular complexity index is 649. The van der Waals surface area contributed by atoms with Crippen molar-refractivity contribution in [2.75, 3.05) is 20.7 Å². The predicted molar refractivity (Wildman–Crippen MR) is 102 cm³/mol. The molecule has 1 amide bonds. The highest BCUT2D eigenvalue weighted by molar-refractivity contribution is 5.94. The van der Waals surface area contributed by atoms with Crippen LogP contribution in [0, 0.1) is 0 Å². The molecule has 0 spiro atoms. The van der Waals surface area contributed by atoms with E-state index in [0.717, 1.165) is 30.7 Å². The molecule has 0 saturated carbocycles. The molecule has 4 heteroatoms. The Morgan fingerprint density at radius 2 is 1.64 bits per heavy atom. The maximum atomic E-state index is 12.2. The van der Waals surface area contributed by atoms with Gasteiger partial charge in [0, 0.05) is 18.7 Å². The first-order valence-electron chi connectivity index (χ1n) is 8.82. The number of rotatable bonds is 9. The Balaban J connectivity index is 1.83. The zero-order valence-electron chi connectivity index (χ0n) is 15.4. The fourth-order valence-electron chi connectivity index (χ4n) is 2.45. The van der Waals surface area contributed by atoms with Gasteiger partial charge in [0.15, 0.2) is 0 Å². The molecule has 0 heterocycles. The average molecular weight is 340 g/mol. The number of carbonyl (C=O) groups excluding carboxylic acids is 1. The van der Waals surface area contributed by atoms with Crippen molar-refractivity contribution in [3.63, 3.8) is 0 Å². The smallest absolute Gasteiger partial charge is 0.251 e. The van der Waals surface area contributed by atoms with Crippen molar-refractivity contribution in [2.24, 2.45) is 0 Å². The summed E-state index contributed by atoms with van der Waals surface area (Å²) in [5.74, 6) is 0.735. The molecular formula is C21H28N2O2. The zero-order chi connectivity index (χ0) is 18.1. The number of hydrogen-bond donors (Lipinski definition) is 1. The fraction of sp³-hybridized carbons (Fsp3) is 0.381. The van der Waals surface area contributed by atoms with Gasteiger partial charge in [0.1, 0.15) is 5.75 Å². The quantitative estimate of drug-likeness (QED) is 0.705. The van der Waals surface area contributed by atoms with Gasteiger partial charge in [0.2, 0.25) is 0 Å². The molecule has 1 N–H and O–H groups in total. The Labute approximate surface area is 150 Å². The monoisotopic (exact) mass is 340 g/mol. The summed E-state index contributed by atoms with van der Waals surface area (Å²) in [6.45, 7) is 4.29. The lowest BCUT2D eigenvalue weighted by molar-refractivity contribution is 0.0951. The van der Waals surface area contributed by atoms with Gasteiger partial charge in [-0.05, 0) is 55.9 Å². The van der Waals surface area contributed by atoms with Gasteiger partial charge in [-0.3, -0.25) is 4.79 Å². The third-order valence-corrected chi connectivity index (χ3v) is 3.86. The van der Waals surface area contributed by atoms with Gasteiger partial charge >= 0.3 is 0 Å². The van der Waals surface area contributed by atoms with E-state index in [1.807, 2.05) is 26.2 Å². The molecule has 0 saturated heterocycles. The van der Waals surface area contributed by atoms with Crippen LogP contribution in [-0.2, 0) is 13.1 Å². The molecule has 25 heavy (non-hydrogen) atoms. The lowest BCUT2D eigenvalue weighted by Crippen LogP contribution is -2.22. The van der Waals surface area contributed by atoms with E-state index >= 15 is 0 Å². The van der Waals surface area contributed by atoms with Crippen LogP contribution in [0.4, 0.5) is 0 Å². The maximum absolute atomic E-state index is 12.2. The highest BCUT2D eigenvalue weighted by atomic mass is 16.5. The lowest BCUT2D eigenvalue weighted by atomic mass is 10.1. The summed E-state index contributed by atoms with van der Waals surface area (Å²) in [7, 11) is 4.10. The van der Waals surface area contributed by atoms with Gasteiger partial charge in [-0.1, -0.05) is 37.6 Å². The number of nitrogens with zero attached hydrogens (tertiary/aromatic N) is 1. The standard InChI is InChI=1S/C21H28N2O2/c1-4-5-14-25-20-12-10-19(11-13-20)21(24)22-15-17-6-8-18(9-7-17)16-23(2)3/h6-13H,4-5,14-16H2,1-3H3,(H,22,24). The fourth-order valence-corrected chi connectivity index (χ4v) is 2.45. The van der Waals surface area contributed by atoms with E-state index in [1.165, 1.54) is 5.56 Å². The van der Waals surface area contributed by atoms with Gasteiger partial charge in [-0.2, -0.15) is 0 Å². The van der Waals surface area contributed by atoms with Gasteiger partial charge in [0.05, 0.1) is 6.61 Å². The molecule has 0 fully saturated rings. The molecule has 0 bridgehead atoms. The molecular weight excluding hydrogens is 312 g/mol. The molecule has 0 aliphatic carbocycles. The molecule has 0 aromatic heterocycles. The van der Waals surface area contributed by atoms with E-state index in [0.29, 0.717) is 18.7 Å². The number of benzene rings is 2. The SMILES string of the molecule is CCCCOc1ccc(C(=O)NCc2ccc(CN(C)C)cc2)cc1. The van der Waals surface area contributed by atoms with Crippen molar-refractivity contribution in [3.05, 3.63) is 65.2 Å². The minimum absolute atomic E-state index is 0.0718. The van der Waals surface area contributed by atoms with Crippen molar-refractivity contribution < 1.29 is 9.53 Å². The summed E-state index contributed by atoms with van der Waals surface area (Å²) in [5, 5.41) is 2.96. The first kappa shape index (κ1) is 19.0. The van der Waals surface area contributed by atoms with Crippen molar-refractivity contribution in [2.45, 2.75) is 32.9 Å². The summed E-state index contributed by atoms with van der Waals surface area (Å²) in [4.78, 5) is 14.4. The predicted octanol–water partition coefficient (Wildman–Crippen LogP) is 3.86. The van der Waals surface area contributed by atoms with E-state index in [2.05, 4.69) is 41.4 Å². The van der Waals surface area contributed by atoms with Crippen molar-refractivity contribution in [3.8, 4) is 5.75 Å². The number of hydrogen-bond acceptors (Lipinski definition) is 3. The van der Waals surface area contributed by atoms with E-state index in [1.54, 1.807) is 12.1 Å². The second-order valence-electron chi connectivity index (χ2n) is 6.46. The highest BCUT2D eigenvalue weighted by Gasteiger charge is 2.06. The number of ether oxygens (including phenoxy) is 1.